The van der Waals surface area contributed by atoms with Crippen molar-refractivity contribution in [2.24, 2.45) is 0 Å². The maximum absolute atomic E-state index is 4.32. The van der Waals surface area contributed by atoms with Gasteiger partial charge >= 0.3 is 0 Å². The van der Waals surface area contributed by atoms with Crippen molar-refractivity contribution in [1.29, 1.82) is 0 Å². The van der Waals surface area contributed by atoms with Crippen molar-refractivity contribution in [3.63, 3.8) is 0 Å². The number of benzene rings is 1. The van der Waals surface area contributed by atoms with E-state index in [1.807, 2.05) is 11.6 Å². The fourth-order valence-electron chi connectivity index (χ4n) is 1.56. The third kappa shape index (κ3) is 3.56. The van der Waals surface area contributed by atoms with Crippen LogP contribution in [0.4, 0.5) is 0 Å². The second-order valence-corrected chi connectivity index (χ2v) is 5.98. The van der Waals surface area contributed by atoms with Gasteiger partial charge in [-0.05, 0) is 25.1 Å². The number of rotatable bonds is 5. The highest BCUT2D eigenvalue weighted by Crippen LogP contribution is 2.32. The van der Waals surface area contributed by atoms with Crippen LogP contribution in [-0.4, -0.2) is 11.5 Å². The van der Waals surface area contributed by atoms with Gasteiger partial charge in [-0.15, -0.1) is 11.3 Å². The molecule has 0 unspecified atom stereocenters. The van der Waals surface area contributed by atoms with Crippen molar-refractivity contribution in [3.05, 3.63) is 40.9 Å². The SMILES string of the molecule is CCNCc1cc(C)ccc1Sc1nccs1. The predicted octanol–water partition coefficient (Wildman–Crippen LogP) is 3.71. The topological polar surface area (TPSA) is 24.9 Å². The average Bonchev–Trinajstić information content (AvgIpc) is 2.82. The number of aryl methyl sites for hydroxylation is 1. The highest BCUT2D eigenvalue weighted by atomic mass is 32.2. The summed E-state index contributed by atoms with van der Waals surface area (Å²) in [5, 5.41) is 5.40. The minimum absolute atomic E-state index is 0.923. The third-order valence-corrected chi connectivity index (χ3v) is 4.39. The number of hydrogen-bond donors (Lipinski definition) is 1. The molecule has 2 rings (SSSR count). The van der Waals surface area contributed by atoms with Gasteiger partial charge in [-0.3, -0.25) is 0 Å². The molecule has 1 heterocycles. The van der Waals surface area contributed by atoms with Crippen LogP contribution in [0.2, 0.25) is 0 Å². The Morgan fingerprint density at radius 2 is 2.29 bits per heavy atom. The van der Waals surface area contributed by atoms with Crippen molar-refractivity contribution >= 4 is 23.1 Å². The lowest BCUT2D eigenvalue weighted by Gasteiger charge is -2.09. The maximum Gasteiger partial charge on any atom is 0.154 e. The summed E-state index contributed by atoms with van der Waals surface area (Å²) in [7, 11) is 0. The number of thiazole rings is 1. The minimum Gasteiger partial charge on any atom is -0.313 e. The molecule has 1 N–H and O–H groups in total. The Kier molecular flexibility index (Phi) is 4.59. The van der Waals surface area contributed by atoms with Gasteiger partial charge in [0, 0.05) is 23.0 Å². The minimum atomic E-state index is 0.923. The summed E-state index contributed by atoms with van der Waals surface area (Å²) in [6, 6.07) is 6.60. The largest absolute Gasteiger partial charge is 0.313 e. The summed E-state index contributed by atoms with van der Waals surface area (Å²) in [6.07, 6.45) is 1.85. The Hall–Kier alpha value is -0.840. The van der Waals surface area contributed by atoms with E-state index in [0.717, 1.165) is 17.4 Å². The molecular formula is C13H16N2S2. The molecule has 0 saturated heterocycles. The molecule has 2 nitrogen and oxygen atoms in total. The normalized spacial score (nSPS) is 10.7. The number of aromatic nitrogens is 1. The lowest BCUT2D eigenvalue weighted by molar-refractivity contribution is 0.717. The molecule has 1 aromatic heterocycles. The molecule has 0 spiro atoms. The molecule has 2 aromatic rings. The van der Waals surface area contributed by atoms with Crippen LogP contribution >= 0.6 is 23.1 Å². The predicted molar refractivity (Wildman–Crippen MR) is 74.8 cm³/mol. The molecule has 0 aliphatic carbocycles. The lowest BCUT2D eigenvalue weighted by Crippen LogP contribution is -2.12. The number of nitrogens with one attached hydrogen (secondary N) is 1. The van der Waals surface area contributed by atoms with E-state index in [4.69, 9.17) is 0 Å². The molecule has 0 fully saturated rings. The van der Waals surface area contributed by atoms with Gasteiger partial charge in [-0.2, -0.15) is 0 Å². The van der Waals surface area contributed by atoms with Crippen LogP contribution in [0.3, 0.4) is 0 Å². The van der Waals surface area contributed by atoms with Crippen LogP contribution in [0.25, 0.3) is 0 Å². The smallest absolute Gasteiger partial charge is 0.154 e. The van der Waals surface area contributed by atoms with Crippen molar-refractivity contribution in [2.75, 3.05) is 6.54 Å². The second kappa shape index (κ2) is 6.19. The molecule has 0 bridgehead atoms. The van der Waals surface area contributed by atoms with Crippen molar-refractivity contribution in [3.8, 4) is 0 Å². The van der Waals surface area contributed by atoms with Gasteiger partial charge in [0.25, 0.3) is 0 Å². The van der Waals surface area contributed by atoms with Crippen LogP contribution in [0.15, 0.2) is 39.0 Å². The summed E-state index contributed by atoms with van der Waals surface area (Å²) in [5.74, 6) is 0. The third-order valence-electron chi connectivity index (χ3n) is 2.39. The van der Waals surface area contributed by atoms with Gasteiger partial charge in [0.15, 0.2) is 4.34 Å². The fraction of sp³-hybridized carbons (Fsp3) is 0.308. The summed E-state index contributed by atoms with van der Waals surface area (Å²) in [5.41, 5.74) is 2.66. The molecule has 4 heteroatoms. The maximum atomic E-state index is 4.32. The highest BCUT2D eigenvalue weighted by molar-refractivity contribution is 8.01. The summed E-state index contributed by atoms with van der Waals surface area (Å²) >= 11 is 3.43. The first kappa shape index (κ1) is 12.6. The van der Waals surface area contributed by atoms with E-state index in [9.17, 15) is 0 Å². The molecule has 0 atom stereocenters. The van der Waals surface area contributed by atoms with Gasteiger partial charge in [-0.1, -0.05) is 36.4 Å². The first-order chi connectivity index (χ1) is 8.29. The van der Waals surface area contributed by atoms with Crippen molar-refractivity contribution in [1.82, 2.24) is 10.3 Å². The zero-order chi connectivity index (χ0) is 12.1. The van der Waals surface area contributed by atoms with Gasteiger partial charge in [-0.25, -0.2) is 4.98 Å². The molecule has 0 aliphatic rings. The highest BCUT2D eigenvalue weighted by Gasteiger charge is 2.06. The standard InChI is InChI=1S/C13H16N2S2/c1-3-14-9-11-8-10(2)4-5-12(11)17-13-15-6-7-16-13/h4-8,14H,3,9H2,1-2H3. The van der Waals surface area contributed by atoms with E-state index in [1.165, 1.54) is 16.0 Å². The zero-order valence-electron chi connectivity index (χ0n) is 10.1. The van der Waals surface area contributed by atoms with E-state index in [2.05, 4.69) is 42.3 Å². The van der Waals surface area contributed by atoms with Gasteiger partial charge < -0.3 is 5.32 Å². The molecule has 0 amide bonds. The molecule has 90 valence electrons. The van der Waals surface area contributed by atoms with Crippen LogP contribution in [-0.2, 0) is 6.54 Å². The van der Waals surface area contributed by atoms with Gasteiger partial charge in [0.05, 0.1) is 0 Å². The Labute approximate surface area is 110 Å². The van der Waals surface area contributed by atoms with Gasteiger partial charge in [0.2, 0.25) is 0 Å². The van der Waals surface area contributed by atoms with E-state index in [-0.39, 0.29) is 0 Å². The van der Waals surface area contributed by atoms with Crippen LogP contribution in [0.1, 0.15) is 18.1 Å². The van der Waals surface area contributed by atoms with E-state index in [1.54, 1.807) is 23.1 Å². The Bertz CT molecular complexity index is 466. The molecule has 0 aliphatic heterocycles. The van der Waals surface area contributed by atoms with Crippen LogP contribution < -0.4 is 5.32 Å². The Morgan fingerprint density at radius 1 is 1.41 bits per heavy atom. The van der Waals surface area contributed by atoms with Crippen molar-refractivity contribution < 1.29 is 0 Å². The lowest BCUT2D eigenvalue weighted by atomic mass is 10.1. The Balaban J connectivity index is 2.19. The van der Waals surface area contributed by atoms with Gasteiger partial charge in [0.1, 0.15) is 0 Å². The Morgan fingerprint density at radius 3 is 3.00 bits per heavy atom. The number of hydrogen-bond acceptors (Lipinski definition) is 4. The van der Waals surface area contributed by atoms with Crippen LogP contribution in [0.5, 0.6) is 0 Å². The zero-order valence-corrected chi connectivity index (χ0v) is 11.7. The molecule has 1 aromatic carbocycles. The van der Waals surface area contributed by atoms with Crippen molar-refractivity contribution in [2.45, 2.75) is 29.6 Å². The molecule has 0 saturated carbocycles. The number of nitrogens with zero attached hydrogens (tertiary/aromatic N) is 1. The fourth-order valence-corrected chi connectivity index (χ4v) is 3.25. The van der Waals surface area contributed by atoms with Crippen LogP contribution in [0, 0.1) is 6.92 Å². The molecular weight excluding hydrogens is 248 g/mol. The second-order valence-electron chi connectivity index (χ2n) is 3.79. The van der Waals surface area contributed by atoms with E-state index in [0.29, 0.717) is 0 Å². The molecule has 17 heavy (non-hydrogen) atoms. The monoisotopic (exact) mass is 264 g/mol. The quantitative estimate of drug-likeness (QED) is 0.891. The first-order valence-corrected chi connectivity index (χ1v) is 7.37. The summed E-state index contributed by atoms with van der Waals surface area (Å²) in [6.45, 7) is 6.18. The van der Waals surface area contributed by atoms with E-state index < -0.39 is 0 Å². The molecule has 0 radical (unpaired) electrons. The first-order valence-electron chi connectivity index (χ1n) is 5.67. The van der Waals surface area contributed by atoms with E-state index >= 15 is 0 Å². The summed E-state index contributed by atoms with van der Waals surface area (Å²) < 4.78 is 1.10. The average molecular weight is 264 g/mol. The summed E-state index contributed by atoms with van der Waals surface area (Å²) in [4.78, 5) is 5.61.